The van der Waals surface area contributed by atoms with Crippen LogP contribution in [0.15, 0.2) is 0 Å². The second kappa shape index (κ2) is 8.80. The molecule has 0 saturated carbocycles. The van der Waals surface area contributed by atoms with Crippen molar-refractivity contribution >= 4 is 41.7 Å². The fourth-order valence-electron chi connectivity index (χ4n) is 1.50. The lowest BCUT2D eigenvalue weighted by Crippen LogP contribution is -2.36. The van der Waals surface area contributed by atoms with Crippen LogP contribution in [-0.2, 0) is 19.2 Å². The second-order valence-corrected chi connectivity index (χ2v) is 4.42. The number of rotatable bonds is 11. The van der Waals surface area contributed by atoms with Crippen LogP contribution in [0.1, 0.15) is 0 Å². The Hall–Kier alpha value is -3.71. The highest BCUT2D eigenvalue weighted by molar-refractivity contribution is 5.78. The summed E-state index contributed by atoms with van der Waals surface area (Å²) >= 11 is 0. The predicted octanol–water partition coefficient (Wildman–Crippen LogP) is -2.16. The van der Waals surface area contributed by atoms with Gasteiger partial charge >= 0.3 is 23.9 Å². The van der Waals surface area contributed by atoms with E-state index < -0.39 is 50.1 Å². The topological polar surface area (TPSA) is 215 Å². The fourth-order valence-corrected chi connectivity index (χ4v) is 1.50. The first-order valence-corrected chi connectivity index (χ1v) is 6.53. The highest BCUT2D eigenvalue weighted by Gasteiger charge is 2.19. The summed E-state index contributed by atoms with van der Waals surface area (Å²) in [5.74, 6) is -6.20. The van der Waals surface area contributed by atoms with E-state index in [9.17, 15) is 19.2 Å². The molecule has 0 saturated heterocycles. The minimum Gasteiger partial charge on any atom is -0.480 e. The average Bonchev–Trinajstić information content (AvgIpc) is 2.49. The molecule has 0 amide bonds. The Morgan fingerprint density at radius 3 is 1.44 bits per heavy atom. The number of carboxylic acid groups (broad SMARTS) is 4. The molecule has 6 N–H and O–H groups in total. The van der Waals surface area contributed by atoms with Gasteiger partial charge in [-0.1, -0.05) is 0 Å². The summed E-state index contributed by atoms with van der Waals surface area (Å²) in [6.45, 7) is -2.68. The summed E-state index contributed by atoms with van der Waals surface area (Å²) in [5, 5.41) is 39.6. The van der Waals surface area contributed by atoms with E-state index in [0.29, 0.717) is 0 Å². The van der Waals surface area contributed by atoms with Gasteiger partial charge in [0.25, 0.3) is 0 Å². The molecule has 0 aromatic carbocycles. The molecule has 14 nitrogen and oxygen atoms in total. The molecule has 0 aliphatic rings. The van der Waals surface area contributed by atoms with E-state index in [0.717, 1.165) is 4.90 Å². The molecule has 0 unspecified atom stereocenters. The average molecular weight is 358 g/mol. The number of aliphatic carboxylic acids is 4. The first-order valence-electron chi connectivity index (χ1n) is 6.53. The third-order valence-electron chi connectivity index (χ3n) is 2.35. The molecular weight excluding hydrogens is 344 g/mol. The minimum absolute atomic E-state index is 0.305. The molecule has 14 heteroatoms. The van der Waals surface area contributed by atoms with Crippen LogP contribution in [-0.4, -0.2) is 85.4 Å². The van der Waals surface area contributed by atoms with E-state index in [2.05, 4.69) is 25.6 Å². The van der Waals surface area contributed by atoms with Crippen molar-refractivity contribution in [3.05, 3.63) is 0 Å². The SMILES string of the molecule is O=C(O)CNc1nc(NCC(=O)O)nc(N(CC(=O)O)CC(=O)O)n1. The number of hydrogen-bond acceptors (Lipinski definition) is 10. The van der Waals surface area contributed by atoms with Crippen molar-refractivity contribution in [2.75, 3.05) is 41.7 Å². The monoisotopic (exact) mass is 358 g/mol. The van der Waals surface area contributed by atoms with Crippen molar-refractivity contribution in [3.8, 4) is 0 Å². The van der Waals surface area contributed by atoms with Crippen molar-refractivity contribution in [2.45, 2.75) is 0 Å². The predicted molar refractivity (Wildman–Crippen MR) is 79.6 cm³/mol. The lowest BCUT2D eigenvalue weighted by Gasteiger charge is -2.19. The molecule has 25 heavy (non-hydrogen) atoms. The van der Waals surface area contributed by atoms with Crippen LogP contribution >= 0.6 is 0 Å². The second-order valence-electron chi connectivity index (χ2n) is 4.42. The van der Waals surface area contributed by atoms with E-state index >= 15 is 0 Å². The van der Waals surface area contributed by atoms with Gasteiger partial charge in [-0.3, -0.25) is 19.2 Å². The standard InChI is InChI=1S/C11H14N6O8/c18-5(19)1-12-9-14-10(13-2-6(20)21)16-11(15-9)17(3-7(22)23)4-8(24)25/h1-4H2,(H,18,19)(H,20,21)(H,22,23)(H,24,25)(H2,12,13,14,15,16). The molecule has 136 valence electrons. The molecule has 1 aromatic heterocycles. The first-order chi connectivity index (χ1) is 11.7. The molecule has 0 atom stereocenters. The third kappa shape index (κ3) is 7.40. The maximum absolute atomic E-state index is 10.9. The van der Waals surface area contributed by atoms with Gasteiger partial charge in [0, 0.05) is 0 Å². The van der Waals surface area contributed by atoms with Crippen LogP contribution in [0.25, 0.3) is 0 Å². The molecule has 0 aliphatic heterocycles. The maximum atomic E-state index is 10.9. The summed E-state index contributed by atoms with van der Waals surface area (Å²) in [6.07, 6.45) is 0. The Bertz CT molecular complexity index is 628. The number of aromatic nitrogens is 3. The van der Waals surface area contributed by atoms with Crippen LogP contribution in [0.5, 0.6) is 0 Å². The molecule has 1 aromatic rings. The van der Waals surface area contributed by atoms with Crippen LogP contribution in [0.3, 0.4) is 0 Å². The van der Waals surface area contributed by atoms with Gasteiger partial charge in [0.2, 0.25) is 17.8 Å². The Labute approximate surface area is 139 Å². The molecular formula is C11H14N6O8. The van der Waals surface area contributed by atoms with Crippen LogP contribution < -0.4 is 15.5 Å². The summed E-state index contributed by atoms with van der Waals surface area (Å²) in [6, 6.07) is 0. The smallest absolute Gasteiger partial charge is 0.323 e. The maximum Gasteiger partial charge on any atom is 0.323 e. The number of nitrogens with zero attached hydrogens (tertiary/aromatic N) is 4. The minimum atomic E-state index is -1.36. The van der Waals surface area contributed by atoms with Gasteiger partial charge in [-0.05, 0) is 0 Å². The van der Waals surface area contributed by atoms with Gasteiger partial charge in [-0.25, -0.2) is 0 Å². The van der Waals surface area contributed by atoms with E-state index in [4.69, 9.17) is 20.4 Å². The van der Waals surface area contributed by atoms with E-state index in [1.54, 1.807) is 0 Å². The normalized spacial score (nSPS) is 9.92. The third-order valence-corrected chi connectivity index (χ3v) is 2.35. The highest BCUT2D eigenvalue weighted by Crippen LogP contribution is 2.13. The largest absolute Gasteiger partial charge is 0.480 e. The molecule has 0 spiro atoms. The van der Waals surface area contributed by atoms with Crippen LogP contribution in [0, 0.1) is 0 Å². The zero-order valence-corrected chi connectivity index (χ0v) is 12.5. The van der Waals surface area contributed by atoms with Crippen molar-refractivity contribution in [1.29, 1.82) is 0 Å². The molecule has 0 bridgehead atoms. The lowest BCUT2D eigenvalue weighted by atomic mass is 10.5. The lowest BCUT2D eigenvalue weighted by molar-refractivity contribution is -0.137. The number of hydrogen-bond donors (Lipinski definition) is 6. The van der Waals surface area contributed by atoms with Crippen molar-refractivity contribution in [1.82, 2.24) is 15.0 Å². The Morgan fingerprint density at radius 2 is 1.12 bits per heavy atom. The Balaban J connectivity index is 3.17. The van der Waals surface area contributed by atoms with Crippen LogP contribution in [0.4, 0.5) is 17.8 Å². The zero-order valence-electron chi connectivity index (χ0n) is 12.5. The Kier molecular flexibility index (Phi) is 6.81. The number of nitrogens with one attached hydrogen (secondary N) is 2. The van der Waals surface area contributed by atoms with Crippen molar-refractivity contribution in [3.63, 3.8) is 0 Å². The summed E-state index contributed by atoms with van der Waals surface area (Å²) in [4.78, 5) is 54.9. The van der Waals surface area contributed by atoms with Gasteiger partial charge in [-0.15, -0.1) is 0 Å². The number of anilines is 3. The molecule has 0 aliphatic carbocycles. The summed E-state index contributed by atoms with van der Waals surface area (Å²) in [5.41, 5.74) is 0. The van der Waals surface area contributed by atoms with Gasteiger partial charge in [0.1, 0.15) is 26.2 Å². The molecule has 0 fully saturated rings. The fraction of sp³-hybridized carbons (Fsp3) is 0.364. The zero-order chi connectivity index (χ0) is 19.0. The summed E-state index contributed by atoms with van der Waals surface area (Å²) < 4.78 is 0. The van der Waals surface area contributed by atoms with E-state index in [1.165, 1.54) is 0 Å². The Morgan fingerprint density at radius 1 is 0.720 bits per heavy atom. The molecule has 1 heterocycles. The summed E-state index contributed by atoms with van der Waals surface area (Å²) in [7, 11) is 0. The number of carbonyl (C=O) groups is 4. The quantitative estimate of drug-likeness (QED) is 0.248. The van der Waals surface area contributed by atoms with E-state index in [1.807, 2.05) is 0 Å². The number of carboxylic acids is 4. The molecule has 0 radical (unpaired) electrons. The van der Waals surface area contributed by atoms with Crippen molar-refractivity contribution in [2.24, 2.45) is 0 Å². The van der Waals surface area contributed by atoms with Crippen LogP contribution in [0.2, 0.25) is 0 Å². The van der Waals surface area contributed by atoms with Gasteiger partial charge < -0.3 is 36.0 Å². The van der Waals surface area contributed by atoms with Gasteiger partial charge in [-0.2, -0.15) is 15.0 Å². The first kappa shape index (κ1) is 19.3. The molecule has 1 rings (SSSR count). The van der Waals surface area contributed by atoms with Gasteiger partial charge in [0.05, 0.1) is 0 Å². The van der Waals surface area contributed by atoms with E-state index in [-0.39, 0.29) is 17.8 Å². The van der Waals surface area contributed by atoms with Crippen molar-refractivity contribution < 1.29 is 39.6 Å². The highest BCUT2D eigenvalue weighted by atomic mass is 16.4. The van der Waals surface area contributed by atoms with Gasteiger partial charge in [0.15, 0.2) is 0 Å².